The molecule has 0 fully saturated rings. The number of carbonyl (C=O) groups is 1. The van der Waals surface area contributed by atoms with E-state index in [-0.39, 0.29) is 17.1 Å². The summed E-state index contributed by atoms with van der Waals surface area (Å²) in [6.07, 6.45) is 2.32. The fraction of sp³-hybridized carbons (Fsp3) is 0.500. The molecular formula is C12H18ClN3O. The third-order valence-corrected chi connectivity index (χ3v) is 2.69. The Morgan fingerprint density at radius 3 is 2.76 bits per heavy atom. The van der Waals surface area contributed by atoms with Gasteiger partial charge in [-0.05, 0) is 26.3 Å². The summed E-state index contributed by atoms with van der Waals surface area (Å²) in [7, 11) is 0. The van der Waals surface area contributed by atoms with Crippen molar-refractivity contribution in [2.75, 3.05) is 12.3 Å². The second-order valence-corrected chi connectivity index (χ2v) is 4.57. The number of halogens is 1. The van der Waals surface area contributed by atoms with Crippen LogP contribution in [0.3, 0.4) is 0 Å². The second-order valence-electron chi connectivity index (χ2n) is 4.19. The first-order valence-electron chi connectivity index (χ1n) is 5.69. The van der Waals surface area contributed by atoms with Crippen molar-refractivity contribution < 1.29 is 4.79 Å². The molecule has 2 N–H and O–H groups in total. The van der Waals surface area contributed by atoms with Gasteiger partial charge < -0.3 is 10.6 Å². The normalized spacial score (nSPS) is 10.6. The molecule has 1 amide bonds. The fourth-order valence-electron chi connectivity index (χ4n) is 1.62. The molecule has 0 unspecified atom stereocenters. The summed E-state index contributed by atoms with van der Waals surface area (Å²) in [5, 5.41) is 0.280. The highest BCUT2D eigenvalue weighted by Gasteiger charge is 2.20. The summed E-state index contributed by atoms with van der Waals surface area (Å²) < 4.78 is 0. The number of carbonyl (C=O) groups excluding carboxylic acids is 1. The molecule has 1 aromatic heterocycles. The number of anilines is 1. The lowest BCUT2D eigenvalue weighted by Crippen LogP contribution is -2.37. The van der Waals surface area contributed by atoms with Gasteiger partial charge in [-0.1, -0.05) is 18.5 Å². The van der Waals surface area contributed by atoms with Crippen LogP contribution >= 0.6 is 11.6 Å². The molecule has 4 nitrogen and oxygen atoms in total. The molecule has 94 valence electrons. The van der Waals surface area contributed by atoms with Crippen molar-refractivity contribution >= 4 is 23.2 Å². The van der Waals surface area contributed by atoms with Crippen molar-refractivity contribution in [2.24, 2.45) is 0 Å². The van der Waals surface area contributed by atoms with Crippen LogP contribution in [0.4, 0.5) is 5.69 Å². The standard InChI is InChI=1S/C12H18ClN3O/c1-4-5-16(8(2)3)12(17)9-6-11(13)15-7-10(9)14/h6-8H,4-5,14H2,1-3H3. The maximum absolute atomic E-state index is 12.3. The zero-order chi connectivity index (χ0) is 13.0. The summed E-state index contributed by atoms with van der Waals surface area (Å²) in [5.74, 6) is -0.0938. The molecule has 1 aromatic rings. The van der Waals surface area contributed by atoms with Crippen LogP contribution < -0.4 is 5.73 Å². The number of rotatable bonds is 4. The minimum absolute atomic E-state index is 0.0938. The number of nitrogen functional groups attached to an aromatic ring is 1. The molecule has 0 saturated heterocycles. The smallest absolute Gasteiger partial charge is 0.256 e. The predicted molar refractivity (Wildman–Crippen MR) is 70.1 cm³/mol. The van der Waals surface area contributed by atoms with E-state index in [9.17, 15) is 4.79 Å². The molecule has 17 heavy (non-hydrogen) atoms. The lowest BCUT2D eigenvalue weighted by atomic mass is 10.1. The van der Waals surface area contributed by atoms with Gasteiger partial charge in [0, 0.05) is 12.6 Å². The number of hydrogen-bond acceptors (Lipinski definition) is 3. The van der Waals surface area contributed by atoms with E-state index in [0.29, 0.717) is 17.8 Å². The van der Waals surface area contributed by atoms with E-state index in [4.69, 9.17) is 17.3 Å². The van der Waals surface area contributed by atoms with E-state index >= 15 is 0 Å². The van der Waals surface area contributed by atoms with Crippen molar-refractivity contribution in [1.29, 1.82) is 0 Å². The van der Waals surface area contributed by atoms with Crippen LogP contribution in [0.2, 0.25) is 5.15 Å². The summed E-state index contributed by atoms with van der Waals surface area (Å²) in [6, 6.07) is 1.65. The van der Waals surface area contributed by atoms with Crippen LogP contribution in [-0.4, -0.2) is 28.4 Å². The molecule has 0 aliphatic rings. The van der Waals surface area contributed by atoms with Gasteiger partial charge in [0.2, 0.25) is 0 Å². The molecule has 1 heterocycles. The van der Waals surface area contributed by atoms with Crippen LogP contribution in [0.15, 0.2) is 12.3 Å². The van der Waals surface area contributed by atoms with Crippen LogP contribution in [0.1, 0.15) is 37.6 Å². The van der Waals surface area contributed by atoms with Gasteiger partial charge in [-0.15, -0.1) is 0 Å². The molecule has 0 bridgehead atoms. The molecule has 0 aliphatic heterocycles. The third-order valence-electron chi connectivity index (χ3n) is 2.48. The topological polar surface area (TPSA) is 59.2 Å². The fourth-order valence-corrected chi connectivity index (χ4v) is 1.77. The van der Waals surface area contributed by atoms with Crippen LogP contribution in [0.25, 0.3) is 0 Å². The maximum Gasteiger partial charge on any atom is 0.256 e. The molecule has 0 spiro atoms. The lowest BCUT2D eigenvalue weighted by Gasteiger charge is -2.26. The number of amides is 1. The van der Waals surface area contributed by atoms with E-state index in [1.54, 1.807) is 4.90 Å². The first kappa shape index (κ1) is 13.8. The summed E-state index contributed by atoms with van der Waals surface area (Å²) >= 11 is 5.78. The SMILES string of the molecule is CCCN(C(=O)c1cc(Cl)ncc1N)C(C)C. The molecule has 0 saturated carbocycles. The van der Waals surface area contributed by atoms with E-state index in [1.807, 2.05) is 20.8 Å². The molecule has 0 aliphatic carbocycles. The highest BCUT2D eigenvalue weighted by molar-refractivity contribution is 6.29. The molecule has 0 atom stereocenters. The van der Waals surface area contributed by atoms with Crippen LogP contribution in [0, 0.1) is 0 Å². The monoisotopic (exact) mass is 255 g/mol. The molecule has 0 radical (unpaired) electrons. The highest BCUT2D eigenvalue weighted by atomic mass is 35.5. The van der Waals surface area contributed by atoms with Gasteiger partial charge in [-0.25, -0.2) is 4.98 Å². The van der Waals surface area contributed by atoms with E-state index in [0.717, 1.165) is 6.42 Å². The zero-order valence-corrected chi connectivity index (χ0v) is 11.2. The first-order chi connectivity index (χ1) is 7.97. The van der Waals surface area contributed by atoms with Crippen molar-refractivity contribution in [1.82, 2.24) is 9.88 Å². The van der Waals surface area contributed by atoms with E-state index < -0.39 is 0 Å². The van der Waals surface area contributed by atoms with Gasteiger partial charge in [0.25, 0.3) is 5.91 Å². The van der Waals surface area contributed by atoms with Gasteiger partial charge in [-0.3, -0.25) is 4.79 Å². The summed E-state index contributed by atoms with van der Waals surface area (Å²) in [4.78, 5) is 17.9. The van der Waals surface area contributed by atoms with E-state index in [2.05, 4.69) is 4.98 Å². The second kappa shape index (κ2) is 5.87. The minimum atomic E-state index is -0.0938. The Labute approximate surface area is 107 Å². The quantitative estimate of drug-likeness (QED) is 0.842. The Bertz CT molecular complexity index is 407. The Hall–Kier alpha value is -1.29. The third kappa shape index (κ3) is 3.33. The van der Waals surface area contributed by atoms with Gasteiger partial charge in [-0.2, -0.15) is 0 Å². The summed E-state index contributed by atoms with van der Waals surface area (Å²) in [5.41, 5.74) is 6.54. The summed E-state index contributed by atoms with van der Waals surface area (Å²) in [6.45, 7) is 6.69. The van der Waals surface area contributed by atoms with Gasteiger partial charge in [0.1, 0.15) is 5.15 Å². The average Bonchev–Trinajstić information content (AvgIpc) is 2.28. The molecule has 0 aromatic carbocycles. The van der Waals surface area contributed by atoms with E-state index in [1.165, 1.54) is 12.3 Å². The predicted octanol–water partition coefficient (Wildman–Crippen LogP) is 2.58. The first-order valence-corrected chi connectivity index (χ1v) is 6.07. The van der Waals surface area contributed by atoms with Crippen molar-refractivity contribution in [3.05, 3.63) is 23.0 Å². The van der Waals surface area contributed by atoms with Crippen molar-refractivity contribution in [3.8, 4) is 0 Å². The number of nitrogens with two attached hydrogens (primary N) is 1. The number of aromatic nitrogens is 1. The van der Waals surface area contributed by atoms with Crippen molar-refractivity contribution in [2.45, 2.75) is 33.2 Å². The Morgan fingerprint density at radius 2 is 2.24 bits per heavy atom. The van der Waals surface area contributed by atoms with Gasteiger partial charge in [0.05, 0.1) is 17.4 Å². The van der Waals surface area contributed by atoms with Crippen LogP contribution in [-0.2, 0) is 0 Å². The Balaban J connectivity index is 3.04. The molecular weight excluding hydrogens is 238 g/mol. The number of pyridine rings is 1. The Morgan fingerprint density at radius 1 is 1.59 bits per heavy atom. The minimum Gasteiger partial charge on any atom is -0.397 e. The zero-order valence-electron chi connectivity index (χ0n) is 10.4. The van der Waals surface area contributed by atoms with Gasteiger partial charge >= 0.3 is 0 Å². The largest absolute Gasteiger partial charge is 0.397 e. The molecule has 1 rings (SSSR count). The number of nitrogens with zero attached hydrogens (tertiary/aromatic N) is 2. The van der Waals surface area contributed by atoms with Gasteiger partial charge in [0.15, 0.2) is 0 Å². The van der Waals surface area contributed by atoms with Crippen LogP contribution in [0.5, 0.6) is 0 Å². The maximum atomic E-state index is 12.3. The lowest BCUT2D eigenvalue weighted by molar-refractivity contribution is 0.0707. The molecule has 5 heteroatoms. The van der Waals surface area contributed by atoms with Crippen molar-refractivity contribution in [3.63, 3.8) is 0 Å². The number of hydrogen-bond donors (Lipinski definition) is 1. The average molecular weight is 256 g/mol. The highest BCUT2D eigenvalue weighted by Crippen LogP contribution is 2.18. The Kier molecular flexibility index (Phi) is 4.75.